The van der Waals surface area contributed by atoms with Crippen molar-refractivity contribution in [1.29, 1.82) is 0 Å². The topological polar surface area (TPSA) is 57.5 Å². The van der Waals surface area contributed by atoms with Crippen LogP contribution in [0.25, 0.3) is 5.69 Å². The highest BCUT2D eigenvalue weighted by Crippen LogP contribution is 2.23. The second-order valence-electron chi connectivity index (χ2n) is 8.86. The van der Waals surface area contributed by atoms with Gasteiger partial charge in [0.1, 0.15) is 5.82 Å². The summed E-state index contributed by atoms with van der Waals surface area (Å²) in [5.74, 6) is 1.62. The number of para-hydroxylation sites is 1. The van der Waals surface area contributed by atoms with Crippen LogP contribution in [0.3, 0.4) is 0 Å². The summed E-state index contributed by atoms with van der Waals surface area (Å²) in [7, 11) is 0. The molecule has 0 radical (unpaired) electrons. The van der Waals surface area contributed by atoms with Crippen molar-refractivity contribution in [2.45, 2.75) is 12.8 Å². The number of nitrogens with zero attached hydrogens (tertiary/aromatic N) is 6. The Balaban J connectivity index is 1.16. The third-order valence-corrected chi connectivity index (χ3v) is 6.92. The van der Waals surface area contributed by atoms with E-state index >= 15 is 0 Å². The molecular weight excluding hydrogens is 436 g/mol. The zero-order valence-electron chi connectivity index (χ0n) is 18.7. The Labute approximate surface area is 199 Å². The van der Waals surface area contributed by atoms with Crippen LogP contribution < -0.4 is 4.90 Å². The van der Waals surface area contributed by atoms with Gasteiger partial charge in [0.05, 0.1) is 22.5 Å². The maximum Gasteiger partial charge on any atom is 0.257 e. The van der Waals surface area contributed by atoms with Gasteiger partial charge in [0.2, 0.25) is 0 Å². The molecule has 2 saturated heterocycles. The quantitative estimate of drug-likeness (QED) is 0.577. The van der Waals surface area contributed by atoms with Gasteiger partial charge in [-0.15, -0.1) is 0 Å². The molecule has 0 saturated carbocycles. The van der Waals surface area contributed by atoms with Gasteiger partial charge in [-0.25, -0.2) is 9.67 Å². The second kappa shape index (κ2) is 9.93. The maximum absolute atomic E-state index is 13.2. The number of anilines is 1. The van der Waals surface area contributed by atoms with E-state index in [9.17, 15) is 4.79 Å². The van der Waals surface area contributed by atoms with Crippen LogP contribution in [0.1, 0.15) is 23.2 Å². The molecule has 0 aliphatic carbocycles. The first-order chi connectivity index (χ1) is 16.2. The average Bonchev–Trinajstić information content (AvgIpc) is 3.35. The fourth-order valence-corrected chi connectivity index (χ4v) is 5.07. The largest absolute Gasteiger partial charge is 0.354 e. The third-order valence-electron chi connectivity index (χ3n) is 6.60. The van der Waals surface area contributed by atoms with E-state index in [0.29, 0.717) is 16.5 Å². The molecule has 1 atom stereocenters. The van der Waals surface area contributed by atoms with Gasteiger partial charge >= 0.3 is 0 Å². The van der Waals surface area contributed by atoms with Crippen LogP contribution in [-0.4, -0.2) is 76.3 Å². The second-order valence-corrected chi connectivity index (χ2v) is 9.27. The van der Waals surface area contributed by atoms with Crippen LogP contribution in [0.15, 0.2) is 61.1 Å². The van der Waals surface area contributed by atoms with Crippen LogP contribution in [-0.2, 0) is 0 Å². The molecule has 2 aliphatic rings. The minimum Gasteiger partial charge on any atom is -0.354 e. The molecule has 5 rings (SSSR count). The van der Waals surface area contributed by atoms with Crippen molar-refractivity contribution in [3.8, 4) is 5.69 Å². The molecule has 3 aromatic rings. The molecule has 1 aromatic carbocycles. The van der Waals surface area contributed by atoms with Gasteiger partial charge < -0.3 is 9.80 Å². The lowest BCUT2D eigenvalue weighted by Crippen LogP contribution is -2.50. The van der Waals surface area contributed by atoms with Crippen LogP contribution in [0.2, 0.25) is 5.02 Å². The summed E-state index contributed by atoms with van der Waals surface area (Å²) in [6, 6.07) is 13.6. The molecule has 2 aliphatic heterocycles. The molecule has 0 spiro atoms. The van der Waals surface area contributed by atoms with Crippen molar-refractivity contribution < 1.29 is 4.79 Å². The van der Waals surface area contributed by atoms with Gasteiger partial charge in [-0.3, -0.25) is 9.69 Å². The lowest BCUT2D eigenvalue weighted by molar-refractivity contribution is 0.0637. The molecule has 0 bridgehead atoms. The SMILES string of the molecule is O=C(c1cnn(-c2ccccc2Cl)c1)N1CCCC(CN2CCN(c3ccccn3)CC2)C1. The summed E-state index contributed by atoms with van der Waals surface area (Å²) in [5.41, 5.74) is 1.39. The Morgan fingerprint density at radius 1 is 1.03 bits per heavy atom. The number of rotatable bonds is 5. The van der Waals surface area contributed by atoms with E-state index < -0.39 is 0 Å². The summed E-state index contributed by atoms with van der Waals surface area (Å²) in [4.78, 5) is 24.5. The highest BCUT2D eigenvalue weighted by Gasteiger charge is 2.28. The van der Waals surface area contributed by atoms with Crippen molar-refractivity contribution in [1.82, 2.24) is 24.6 Å². The molecule has 0 N–H and O–H groups in total. The van der Waals surface area contributed by atoms with Gasteiger partial charge in [0.25, 0.3) is 5.91 Å². The first-order valence-corrected chi connectivity index (χ1v) is 12.0. The van der Waals surface area contributed by atoms with Gasteiger partial charge in [-0.1, -0.05) is 29.8 Å². The van der Waals surface area contributed by atoms with Crippen molar-refractivity contribution in [2.24, 2.45) is 5.92 Å². The van der Waals surface area contributed by atoms with E-state index in [0.717, 1.165) is 63.7 Å². The number of benzene rings is 1. The maximum atomic E-state index is 13.2. The zero-order chi connectivity index (χ0) is 22.6. The molecule has 1 amide bonds. The number of hydrogen-bond acceptors (Lipinski definition) is 5. The summed E-state index contributed by atoms with van der Waals surface area (Å²) >= 11 is 6.28. The summed E-state index contributed by atoms with van der Waals surface area (Å²) < 4.78 is 1.68. The predicted octanol–water partition coefficient (Wildman–Crippen LogP) is 3.60. The Morgan fingerprint density at radius 3 is 2.64 bits per heavy atom. The number of amides is 1. The van der Waals surface area contributed by atoms with E-state index in [-0.39, 0.29) is 5.91 Å². The molecular formula is C25H29ClN6O. The van der Waals surface area contributed by atoms with E-state index in [2.05, 4.69) is 25.9 Å². The zero-order valence-corrected chi connectivity index (χ0v) is 19.4. The fourth-order valence-electron chi connectivity index (χ4n) is 4.85. The number of hydrogen-bond donors (Lipinski definition) is 0. The van der Waals surface area contributed by atoms with Gasteiger partial charge in [0.15, 0.2) is 0 Å². The van der Waals surface area contributed by atoms with Crippen molar-refractivity contribution in [2.75, 3.05) is 50.7 Å². The standard InChI is InChI=1S/C25H29ClN6O/c26-22-7-1-2-8-23(22)32-19-21(16-28-32)25(33)31-11-5-6-20(18-31)17-29-12-14-30(15-13-29)24-9-3-4-10-27-24/h1-4,7-10,16,19-20H,5-6,11-15,17-18H2. The smallest absolute Gasteiger partial charge is 0.257 e. The first-order valence-electron chi connectivity index (χ1n) is 11.6. The summed E-state index contributed by atoms with van der Waals surface area (Å²) in [5, 5.41) is 4.99. The molecule has 1 unspecified atom stereocenters. The van der Waals surface area contributed by atoms with Crippen molar-refractivity contribution >= 4 is 23.3 Å². The normalized spacial score (nSPS) is 19.6. The number of carbonyl (C=O) groups excluding carboxylic acids is 1. The lowest BCUT2D eigenvalue weighted by Gasteiger charge is -2.39. The Bertz CT molecular complexity index is 1080. The molecule has 8 heteroatoms. The number of halogens is 1. The first kappa shape index (κ1) is 21.9. The van der Waals surface area contributed by atoms with Gasteiger partial charge in [-0.05, 0) is 43.0 Å². The molecule has 172 valence electrons. The third kappa shape index (κ3) is 5.04. The highest BCUT2D eigenvalue weighted by atomic mass is 35.5. The lowest BCUT2D eigenvalue weighted by atomic mass is 9.96. The van der Waals surface area contributed by atoms with Crippen LogP contribution in [0, 0.1) is 5.92 Å². The molecule has 4 heterocycles. The predicted molar refractivity (Wildman–Crippen MR) is 130 cm³/mol. The van der Waals surface area contributed by atoms with Gasteiger partial charge in [0, 0.05) is 58.2 Å². The van der Waals surface area contributed by atoms with Gasteiger partial charge in [-0.2, -0.15) is 5.10 Å². The number of carbonyl (C=O) groups is 1. The van der Waals surface area contributed by atoms with E-state index in [1.807, 2.05) is 47.5 Å². The van der Waals surface area contributed by atoms with Crippen molar-refractivity contribution in [3.63, 3.8) is 0 Å². The minimum absolute atomic E-state index is 0.0537. The van der Waals surface area contributed by atoms with E-state index in [1.165, 1.54) is 6.42 Å². The molecule has 2 fully saturated rings. The average molecular weight is 465 g/mol. The molecule has 2 aromatic heterocycles. The molecule has 33 heavy (non-hydrogen) atoms. The number of likely N-dealkylation sites (tertiary alicyclic amines) is 1. The number of piperidine rings is 1. The van der Waals surface area contributed by atoms with Crippen molar-refractivity contribution in [3.05, 3.63) is 71.6 Å². The van der Waals surface area contributed by atoms with Crippen LogP contribution in [0.4, 0.5) is 5.82 Å². The molecule has 7 nitrogen and oxygen atoms in total. The summed E-state index contributed by atoms with van der Waals surface area (Å²) in [6.45, 7) is 6.70. The number of piperazine rings is 1. The Morgan fingerprint density at radius 2 is 1.85 bits per heavy atom. The highest BCUT2D eigenvalue weighted by molar-refractivity contribution is 6.32. The fraction of sp³-hybridized carbons (Fsp3) is 0.400. The minimum atomic E-state index is 0.0537. The summed E-state index contributed by atoms with van der Waals surface area (Å²) in [6.07, 6.45) is 7.50. The van der Waals surface area contributed by atoms with E-state index in [1.54, 1.807) is 17.1 Å². The Hall–Kier alpha value is -2.90. The van der Waals surface area contributed by atoms with Crippen LogP contribution in [0.5, 0.6) is 0 Å². The number of pyridine rings is 1. The monoisotopic (exact) mass is 464 g/mol. The number of aromatic nitrogens is 3. The van der Waals surface area contributed by atoms with E-state index in [4.69, 9.17) is 11.6 Å². The van der Waals surface area contributed by atoms with Crippen LogP contribution >= 0.6 is 11.6 Å². The Kier molecular flexibility index (Phi) is 6.60.